The average Bonchev–Trinajstić information content (AvgIpc) is 3.70. The number of benzene rings is 2. The van der Waals surface area contributed by atoms with Crippen LogP contribution in [0.3, 0.4) is 0 Å². The molecule has 1 aliphatic rings. The molecule has 0 aliphatic carbocycles. The number of aryl methyl sites for hydroxylation is 3. The Labute approximate surface area is 264 Å². The van der Waals surface area contributed by atoms with Crippen molar-refractivity contribution in [3.63, 3.8) is 0 Å². The number of hydrogen-bond acceptors (Lipinski definition) is 9. The Morgan fingerprint density at radius 2 is 1.36 bits per heavy atom. The minimum Gasteiger partial charge on any atom is -0.483 e. The van der Waals surface area contributed by atoms with Crippen molar-refractivity contribution in [2.24, 2.45) is 0 Å². The van der Waals surface area contributed by atoms with Gasteiger partial charge in [0.25, 0.3) is 0 Å². The van der Waals surface area contributed by atoms with Crippen LogP contribution in [-0.2, 0) is 48.9 Å². The highest BCUT2D eigenvalue weighted by atomic mass is 16.5. The van der Waals surface area contributed by atoms with Crippen LogP contribution in [0, 0.1) is 0 Å². The molecule has 2 aromatic heterocycles. The Hall–Kier alpha value is -4.54. The predicted octanol–water partition coefficient (Wildman–Crippen LogP) is 5.73. The normalized spacial score (nSPS) is 12.1. The highest BCUT2D eigenvalue weighted by Crippen LogP contribution is 2.45. The van der Waals surface area contributed by atoms with E-state index in [1.54, 1.807) is 9.36 Å². The summed E-state index contributed by atoms with van der Waals surface area (Å²) in [5, 5.41) is 16.9. The van der Waals surface area contributed by atoms with Gasteiger partial charge in [0.1, 0.15) is 36.2 Å². The van der Waals surface area contributed by atoms with Crippen LogP contribution in [0.5, 0.6) is 11.5 Å². The van der Waals surface area contributed by atoms with Crippen molar-refractivity contribution in [2.75, 3.05) is 11.9 Å². The minimum atomic E-state index is 0.196. The van der Waals surface area contributed by atoms with E-state index in [-0.39, 0.29) is 24.8 Å². The molecule has 11 heteroatoms. The number of fused-ring (bicyclic) bond motifs is 3. The number of ketones is 2. The van der Waals surface area contributed by atoms with Gasteiger partial charge in [-0.2, -0.15) is 0 Å². The summed E-state index contributed by atoms with van der Waals surface area (Å²) in [5.41, 5.74) is 7.28. The van der Waals surface area contributed by atoms with Crippen LogP contribution in [-0.4, -0.2) is 48.6 Å². The van der Waals surface area contributed by atoms with E-state index in [4.69, 9.17) is 9.47 Å². The van der Waals surface area contributed by atoms with Crippen LogP contribution in [0.25, 0.3) is 11.1 Å². The van der Waals surface area contributed by atoms with E-state index in [0.717, 1.165) is 42.5 Å². The topological polar surface area (TPSA) is 117 Å². The van der Waals surface area contributed by atoms with Gasteiger partial charge in [0, 0.05) is 63.6 Å². The Morgan fingerprint density at radius 1 is 0.778 bits per heavy atom. The van der Waals surface area contributed by atoms with Gasteiger partial charge in [-0.15, -0.1) is 10.2 Å². The number of anilines is 1. The zero-order chi connectivity index (χ0) is 31.8. The number of rotatable bonds is 17. The Balaban J connectivity index is 1.35. The van der Waals surface area contributed by atoms with Crippen LogP contribution < -0.4 is 14.4 Å². The fourth-order valence-corrected chi connectivity index (χ4v) is 5.71. The maximum atomic E-state index is 12.0. The maximum Gasteiger partial charge on any atom is 0.162 e. The molecular weight excluding hydrogens is 570 g/mol. The van der Waals surface area contributed by atoms with Gasteiger partial charge in [-0.05, 0) is 48.1 Å². The van der Waals surface area contributed by atoms with E-state index in [1.807, 2.05) is 32.3 Å². The average molecular weight is 614 g/mol. The number of carbonyl (C=O) groups excluding carboxylic acids is 2. The molecule has 0 spiro atoms. The predicted molar refractivity (Wildman–Crippen MR) is 171 cm³/mol. The first-order valence-corrected chi connectivity index (χ1v) is 16.0. The second-order valence-electron chi connectivity index (χ2n) is 11.6. The molecule has 0 amide bonds. The smallest absolute Gasteiger partial charge is 0.162 e. The lowest BCUT2D eigenvalue weighted by Gasteiger charge is -2.32. The van der Waals surface area contributed by atoms with Gasteiger partial charge in [0.2, 0.25) is 0 Å². The van der Waals surface area contributed by atoms with Gasteiger partial charge < -0.3 is 14.4 Å². The molecule has 0 fully saturated rings. The van der Waals surface area contributed by atoms with Gasteiger partial charge in [0.15, 0.2) is 11.5 Å². The van der Waals surface area contributed by atoms with Gasteiger partial charge in [-0.1, -0.05) is 49.4 Å². The second-order valence-corrected chi connectivity index (χ2v) is 11.6. The Kier molecular flexibility index (Phi) is 10.6. The first-order chi connectivity index (χ1) is 21.9. The molecule has 0 saturated carbocycles. The van der Waals surface area contributed by atoms with Crippen molar-refractivity contribution in [3.05, 3.63) is 65.2 Å². The lowest BCUT2D eigenvalue weighted by molar-refractivity contribution is -0.120. The van der Waals surface area contributed by atoms with E-state index in [0.29, 0.717) is 61.7 Å². The first-order valence-electron chi connectivity index (χ1n) is 16.0. The van der Waals surface area contributed by atoms with Crippen LogP contribution in [0.1, 0.15) is 81.8 Å². The van der Waals surface area contributed by atoms with Crippen molar-refractivity contribution in [3.8, 4) is 22.6 Å². The van der Waals surface area contributed by atoms with Crippen LogP contribution >= 0.6 is 0 Å². The minimum absolute atomic E-state index is 0.196. The first kappa shape index (κ1) is 31.9. The number of carbonyl (C=O) groups is 2. The quantitative estimate of drug-likeness (QED) is 0.147. The standard InChI is InChI=1S/C34H43N7O4/c1-5-9-28(42)13-15-40-20-26(35-37-40)22-44-32-17-25-19-39(4)34-24(7-3)11-8-12-30(34)31(25)18-33(32)45-23-27-21-41(38-36-27)16-14-29(43)10-6-2/h8,11-12,17-18,20-21H,5-7,9-10,13-16,19,22-23H2,1-4H3. The summed E-state index contributed by atoms with van der Waals surface area (Å²) >= 11 is 0. The van der Waals surface area contributed by atoms with Crippen LogP contribution in [0.4, 0.5) is 5.69 Å². The van der Waals surface area contributed by atoms with E-state index in [1.165, 1.54) is 11.3 Å². The van der Waals surface area contributed by atoms with Gasteiger partial charge in [-0.3, -0.25) is 19.0 Å². The van der Waals surface area contributed by atoms with Crippen molar-refractivity contribution >= 4 is 17.3 Å². The molecule has 3 heterocycles. The SMILES string of the molecule is CCCC(=O)CCn1cc(COc2cc3c(cc2OCc2cn(CCC(=O)CCC)nn2)-c2cccc(CC)c2N(C)C3)nn1. The summed E-state index contributed by atoms with van der Waals surface area (Å²) in [6, 6.07) is 10.5. The molecule has 238 valence electrons. The number of hydrogen-bond donors (Lipinski definition) is 0. The van der Waals surface area contributed by atoms with Gasteiger partial charge in [0.05, 0.1) is 12.4 Å². The van der Waals surface area contributed by atoms with E-state index in [9.17, 15) is 9.59 Å². The lowest BCUT2D eigenvalue weighted by Crippen LogP contribution is -2.23. The van der Waals surface area contributed by atoms with Crippen molar-refractivity contribution in [1.29, 1.82) is 0 Å². The lowest BCUT2D eigenvalue weighted by atomic mass is 9.90. The molecule has 0 bridgehead atoms. The van der Waals surface area contributed by atoms with Crippen molar-refractivity contribution in [1.82, 2.24) is 30.0 Å². The highest BCUT2D eigenvalue weighted by molar-refractivity contribution is 5.87. The molecular formula is C34H43N7O4. The van der Waals surface area contributed by atoms with Crippen molar-refractivity contribution < 1.29 is 19.1 Å². The van der Waals surface area contributed by atoms with E-state index in [2.05, 4.69) is 63.8 Å². The summed E-state index contributed by atoms with van der Waals surface area (Å²) in [5.74, 6) is 1.65. The van der Waals surface area contributed by atoms with E-state index < -0.39 is 0 Å². The van der Waals surface area contributed by atoms with Crippen molar-refractivity contribution in [2.45, 2.75) is 98.6 Å². The third kappa shape index (κ3) is 7.95. The fraction of sp³-hybridized carbons (Fsp3) is 0.471. The zero-order valence-corrected chi connectivity index (χ0v) is 26.8. The zero-order valence-electron chi connectivity index (χ0n) is 26.8. The summed E-state index contributed by atoms with van der Waals surface area (Å²) in [6.07, 6.45) is 8.32. The second kappa shape index (κ2) is 15.0. The number of nitrogens with zero attached hydrogens (tertiary/aromatic N) is 7. The Bertz CT molecular complexity index is 1630. The Morgan fingerprint density at radius 3 is 1.91 bits per heavy atom. The number of para-hydroxylation sites is 1. The molecule has 5 rings (SSSR count). The molecule has 1 aliphatic heterocycles. The molecule has 4 aromatic rings. The number of aromatic nitrogens is 6. The highest BCUT2D eigenvalue weighted by Gasteiger charge is 2.25. The summed E-state index contributed by atoms with van der Waals surface area (Å²) in [7, 11) is 2.12. The molecule has 45 heavy (non-hydrogen) atoms. The molecule has 0 saturated heterocycles. The molecule has 0 atom stereocenters. The third-order valence-corrected chi connectivity index (χ3v) is 7.97. The third-order valence-electron chi connectivity index (χ3n) is 7.97. The molecule has 2 aromatic carbocycles. The molecule has 0 unspecified atom stereocenters. The van der Waals surface area contributed by atoms with Crippen LogP contribution in [0.15, 0.2) is 42.7 Å². The number of ether oxygens (including phenoxy) is 2. The maximum absolute atomic E-state index is 12.0. The summed E-state index contributed by atoms with van der Waals surface area (Å²) in [6.45, 7) is 8.31. The molecule has 0 N–H and O–H groups in total. The summed E-state index contributed by atoms with van der Waals surface area (Å²) < 4.78 is 16.0. The molecule has 0 radical (unpaired) electrons. The van der Waals surface area contributed by atoms with Gasteiger partial charge >= 0.3 is 0 Å². The van der Waals surface area contributed by atoms with E-state index >= 15 is 0 Å². The number of Topliss-reactive ketones (excluding diaryl/α,β-unsaturated/α-hetero) is 2. The summed E-state index contributed by atoms with van der Waals surface area (Å²) in [4.78, 5) is 26.2. The molecule has 11 nitrogen and oxygen atoms in total. The fourth-order valence-electron chi connectivity index (χ4n) is 5.71. The van der Waals surface area contributed by atoms with Crippen LogP contribution in [0.2, 0.25) is 0 Å². The monoisotopic (exact) mass is 613 g/mol. The largest absolute Gasteiger partial charge is 0.483 e. The van der Waals surface area contributed by atoms with Gasteiger partial charge in [-0.25, -0.2) is 0 Å².